The van der Waals surface area contributed by atoms with Crippen molar-refractivity contribution in [1.29, 1.82) is 0 Å². The molecule has 1 rings (SSSR count). The molecule has 110 valence electrons. The maximum atomic E-state index is 11.7. The Morgan fingerprint density at radius 1 is 1.45 bits per heavy atom. The average molecular weight is 281 g/mol. The molecule has 0 aromatic heterocycles. The zero-order valence-corrected chi connectivity index (χ0v) is 11.5. The Morgan fingerprint density at radius 2 is 2.15 bits per heavy atom. The lowest BCUT2D eigenvalue weighted by molar-refractivity contribution is -0.119. The van der Waals surface area contributed by atoms with E-state index in [1.54, 1.807) is 19.1 Å². The number of nitrogens with two attached hydrogens (primary N) is 1. The number of methoxy groups -OCH3 is 1. The first-order chi connectivity index (χ1) is 9.45. The molecule has 1 amide bonds. The molecule has 0 aliphatic carbocycles. The number of likely N-dealkylation sites (N-methyl/N-ethyl adjacent to an activating group) is 1. The van der Waals surface area contributed by atoms with Crippen molar-refractivity contribution in [2.24, 2.45) is 0 Å². The number of anilines is 2. The zero-order chi connectivity index (χ0) is 15.1. The highest BCUT2D eigenvalue weighted by Crippen LogP contribution is 2.22. The molecule has 0 aliphatic heterocycles. The Morgan fingerprint density at radius 3 is 2.75 bits per heavy atom. The van der Waals surface area contributed by atoms with Gasteiger partial charge in [0.1, 0.15) is 0 Å². The first-order valence-corrected chi connectivity index (χ1v) is 6.05. The largest absolute Gasteiger partial charge is 0.478 e. The number of amides is 1. The van der Waals surface area contributed by atoms with Gasteiger partial charge in [-0.25, -0.2) is 4.79 Å². The summed E-state index contributed by atoms with van der Waals surface area (Å²) in [5.41, 5.74) is 6.60. The summed E-state index contributed by atoms with van der Waals surface area (Å²) in [6.07, 6.45) is 0. The number of hydrogen-bond acceptors (Lipinski definition) is 5. The van der Waals surface area contributed by atoms with Crippen molar-refractivity contribution >= 4 is 23.3 Å². The van der Waals surface area contributed by atoms with E-state index in [0.717, 1.165) is 0 Å². The van der Waals surface area contributed by atoms with E-state index in [1.165, 1.54) is 18.2 Å². The molecule has 0 bridgehead atoms. The number of nitrogen functional groups attached to an aromatic ring is 1. The van der Waals surface area contributed by atoms with Crippen LogP contribution < -0.4 is 16.0 Å². The van der Waals surface area contributed by atoms with Crippen LogP contribution in [0.2, 0.25) is 0 Å². The first kappa shape index (κ1) is 15.8. The predicted octanol–water partition coefficient (Wildman–Crippen LogP) is 0.166. The number of nitrogens with one attached hydrogen (secondary N) is 1. The van der Waals surface area contributed by atoms with Gasteiger partial charge in [-0.15, -0.1) is 0 Å². The lowest BCUT2D eigenvalue weighted by Crippen LogP contribution is -2.37. The first-order valence-electron chi connectivity index (χ1n) is 6.05. The minimum absolute atomic E-state index is 0.0352. The Labute approximate surface area is 117 Å². The second kappa shape index (κ2) is 7.34. The van der Waals surface area contributed by atoms with Crippen LogP contribution in [-0.2, 0) is 9.53 Å². The third kappa shape index (κ3) is 4.43. The molecular weight excluding hydrogens is 262 g/mol. The van der Waals surface area contributed by atoms with E-state index in [2.05, 4.69) is 5.32 Å². The summed E-state index contributed by atoms with van der Waals surface area (Å²) in [6, 6.07) is 4.47. The SMILES string of the molecule is COCCNC(=O)CN(C)c1cc(N)ccc1C(=O)O. The van der Waals surface area contributed by atoms with Crippen molar-refractivity contribution < 1.29 is 19.4 Å². The molecule has 7 nitrogen and oxygen atoms in total. The molecule has 0 saturated carbocycles. The van der Waals surface area contributed by atoms with Crippen LogP contribution in [0, 0.1) is 0 Å². The maximum Gasteiger partial charge on any atom is 0.337 e. The van der Waals surface area contributed by atoms with E-state index in [-0.39, 0.29) is 18.0 Å². The molecule has 0 atom stereocenters. The van der Waals surface area contributed by atoms with Gasteiger partial charge in [0.2, 0.25) is 5.91 Å². The minimum atomic E-state index is -1.06. The maximum absolute atomic E-state index is 11.7. The molecule has 7 heteroatoms. The molecule has 0 unspecified atom stereocenters. The number of carboxylic acids is 1. The number of carbonyl (C=O) groups excluding carboxylic acids is 1. The average Bonchev–Trinajstić information content (AvgIpc) is 2.38. The van der Waals surface area contributed by atoms with Gasteiger partial charge in [0.05, 0.1) is 24.4 Å². The van der Waals surface area contributed by atoms with E-state index in [9.17, 15) is 9.59 Å². The Bertz CT molecular complexity index is 491. The third-order valence-corrected chi connectivity index (χ3v) is 2.67. The van der Waals surface area contributed by atoms with Crippen molar-refractivity contribution in [2.45, 2.75) is 0 Å². The van der Waals surface area contributed by atoms with Gasteiger partial charge in [0, 0.05) is 26.4 Å². The standard InChI is InChI=1S/C13H19N3O4/c1-16(8-12(17)15-5-6-20-2)11-7-9(14)3-4-10(11)13(18)19/h3-4,7H,5-6,8,14H2,1-2H3,(H,15,17)(H,18,19). The highest BCUT2D eigenvalue weighted by Gasteiger charge is 2.15. The van der Waals surface area contributed by atoms with Gasteiger partial charge in [0.25, 0.3) is 0 Å². The van der Waals surface area contributed by atoms with Gasteiger partial charge in [-0.05, 0) is 18.2 Å². The van der Waals surface area contributed by atoms with E-state index in [4.69, 9.17) is 15.6 Å². The van der Waals surface area contributed by atoms with Crippen LogP contribution in [0.5, 0.6) is 0 Å². The Kier molecular flexibility index (Phi) is 5.79. The number of nitrogens with zero attached hydrogens (tertiary/aromatic N) is 1. The van der Waals surface area contributed by atoms with Crippen molar-refractivity contribution in [2.75, 3.05) is 44.5 Å². The topological polar surface area (TPSA) is 105 Å². The molecule has 1 aromatic carbocycles. The summed E-state index contributed by atoms with van der Waals surface area (Å²) in [6.45, 7) is 0.869. The van der Waals surface area contributed by atoms with Gasteiger partial charge in [-0.1, -0.05) is 0 Å². The molecule has 0 radical (unpaired) electrons. The van der Waals surface area contributed by atoms with Crippen molar-refractivity contribution in [3.05, 3.63) is 23.8 Å². The van der Waals surface area contributed by atoms with Crippen LogP contribution >= 0.6 is 0 Å². The van der Waals surface area contributed by atoms with Gasteiger partial charge in [-0.3, -0.25) is 4.79 Å². The summed E-state index contributed by atoms with van der Waals surface area (Å²) in [5.74, 6) is -1.28. The molecule has 0 fully saturated rings. The summed E-state index contributed by atoms with van der Waals surface area (Å²) in [7, 11) is 3.18. The van der Waals surface area contributed by atoms with Crippen molar-refractivity contribution in [1.82, 2.24) is 5.32 Å². The molecule has 1 aromatic rings. The summed E-state index contributed by atoms with van der Waals surface area (Å²) in [4.78, 5) is 24.4. The highest BCUT2D eigenvalue weighted by atomic mass is 16.5. The highest BCUT2D eigenvalue weighted by molar-refractivity contribution is 5.96. The normalized spacial score (nSPS) is 10.1. The fourth-order valence-corrected chi connectivity index (χ4v) is 1.69. The van der Waals surface area contributed by atoms with Gasteiger partial charge in [-0.2, -0.15) is 0 Å². The van der Waals surface area contributed by atoms with E-state index < -0.39 is 5.97 Å². The zero-order valence-electron chi connectivity index (χ0n) is 11.5. The molecule has 4 N–H and O–H groups in total. The molecule has 20 heavy (non-hydrogen) atoms. The monoisotopic (exact) mass is 281 g/mol. The molecule has 0 heterocycles. The smallest absolute Gasteiger partial charge is 0.337 e. The third-order valence-electron chi connectivity index (χ3n) is 2.67. The molecule has 0 aliphatic rings. The number of rotatable bonds is 7. The van der Waals surface area contributed by atoms with Crippen LogP contribution in [0.1, 0.15) is 10.4 Å². The number of ether oxygens (including phenoxy) is 1. The lowest BCUT2D eigenvalue weighted by Gasteiger charge is -2.21. The Balaban J connectivity index is 2.76. The van der Waals surface area contributed by atoms with E-state index in [0.29, 0.717) is 24.5 Å². The minimum Gasteiger partial charge on any atom is -0.478 e. The number of carboxylic acid groups (broad SMARTS) is 1. The van der Waals surface area contributed by atoms with Gasteiger partial charge < -0.3 is 25.8 Å². The van der Waals surface area contributed by atoms with Crippen LogP contribution in [-0.4, -0.2) is 50.8 Å². The number of carbonyl (C=O) groups is 2. The summed E-state index contributed by atoms with van der Waals surface area (Å²) >= 11 is 0. The number of benzene rings is 1. The summed E-state index contributed by atoms with van der Waals surface area (Å²) in [5, 5.41) is 11.8. The predicted molar refractivity (Wildman–Crippen MR) is 76.0 cm³/mol. The fourth-order valence-electron chi connectivity index (χ4n) is 1.69. The fraction of sp³-hybridized carbons (Fsp3) is 0.385. The number of aromatic carboxylic acids is 1. The van der Waals surface area contributed by atoms with Gasteiger partial charge >= 0.3 is 5.97 Å². The van der Waals surface area contributed by atoms with Crippen LogP contribution in [0.15, 0.2) is 18.2 Å². The van der Waals surface area contributed by atoms with Crippen LogP contribution in [0.25, 0.3) is 0 Å². The van der Waals surface area contributed by atoms with Crippen LogP contribution in [0.4, 0.5) is 11.4 Å². The Hall–Kier alpha value is -2.28. The van der Waals surface area contributed by atoms with Gasteiger partial charge in [0.15, 0.2) is 0 Å². The van der Waals surface area contributed by atoms with Crippen molar-refractivity contribution in [3.8, 4) is 0 Å². The molecular formula is C13H19N3O4. The molecule has 0 spiro atoms. The van der Waals surface area contributed by atoms with E-state index in [1.807, 2.05) is 0 Å². The quantitative estimate of drug-likeness (QED) is 0.486. The van der Waals surface area contributed by atoms with Crippen molar-refractivity contribution in [3.63, 3.8) is 0 Å². The number of hydrogen-bond donors (Lipinski definition) is 3. The second-order valence-electron chi connectivity index (χ2n) is 4.28. The second-order valence-corrected chi connectivity index (χ2v) is 4.28. The summed E-state index contributed by atoms with van der Waals surface area (Å²) < 4.78 is 4.83. The van der Waals surface area contributed by atoms with Crippen LogP contribution in [0.3, 0.4) is 0 Å². The van der Waals surface area contributed by atoms with E-state index >= 15 is 0 Å². The molecule has 0 saturated heterocycles. The lowest BCUT2D eigenvalue weighted by atomic mass is 10.1.